The van der Waals surface area contributed by atoms with Crippen LogP contribution in [0.4, 0.5) is 5.69 Å². The molecule has 0 N–H and O–H groups in total. The summed E-state index contributed by atoms with van der Waals surface area (Å²) < 4.78 is 24.7. The number of anilines is 1. The lowest BCUT2D eigenvalue weighted by Crippen LogP contribution is -2.55. The van der Waals surface area contributed by atoms with Gasteiger partial charge in [-0.25, -0.2) is 8.42 Å². The molecule has 0 bridgehead atoms. The molecule has 6 nitrogen and oxygen atoms in total. The van der Waals surface area contributed by atoms with Crippen LogP contribution in [-0.4, -0.2) is 68.6 Å². The van der Waals surface area contributed by atoms with Crippen molar-refractivity contribution in [2.75, 3.05) is 43.9 Å². The highest BCUT2D eigenvalue weighted by molar-refractivity contribution is 7.88. The lowest BCUT2D eigenvalue weighted by Gasteiger charge is -2.39. The monoisotopic (exact) mass is 351 g/mol. The maximum atomic E-state index is 13.0. The first-order valence-corrected chi connectivity index (χ1v) is 10.3. The van der Waals surface area contributed by atoms with Gasteiger partial charge in [0.25, 0.3) is 0 Å². The van der Waals surface area contributed by atoms with Gasteiger partial charge in [-0.15, -0.1) is 0 Å². The molecule has 1 aromatic carbocycles. The van der Waals surface area contributed by atoms with Crippen molar-refractivity contribution in [1.29, 1.82) is 0 Å². The van der Waals surface area contributed by atoms with Crippen LogP contribution in [0.3, 0.4) is 0 Å². The number of amides is 1. The lowest BCUT2D eigenvalue weighted by atomic mass is 10.0. The second kappa shape index (κ2) is 6.82. The minimum atomic E-state index is -3.14. The average Bonchev–Trinajstić information content (AvgIpc) is 2.59. The second-order valence-electron chi connectivity index (χ2n) is 6.60. The summed E-state index contributed by atoms with van der Waals surface area (Å²) in [5.74, 6) is 0.106. The number of piperazine rings is 1. The molecular formula is C17H25N3O3S. The molecule has 7 heteroatoms. The van der Waals surface area contributed by atoms with Crippen molar-refractivity contribution >= 4 is 21.6 Å². The van der Waals surface area contributed by atoms with Crippen molar-refractivity contribution in [2.45, 2.75) is 25.8 Å². The fourth-order valence-corrected chi connectivity index (χ4v) is 4.39. The molecule has 24 heavy (non-hydrogen) atoms. The Kier molecular flexibility index (Phi) is 4.94. The molecule has 1 aromatic rings. The maximum absolute atomic E-state index is 13.0. The van der Waals surface area contributed by atoms with Crippen LogP contribution in [0, 0.1) is 0 Å². The Morgan fingerprint density at radius 1 is 1.08 bits per heavy atom. The minimum absolute atomic E-state index is 0.106. The number of fused-ring (bicyclic) bond motifs is 1. The number of hydrogen-bond donors (Lipinski definition) is 0. The zero-order chi connectivity index (χ0) is 17.3. The molecule has 1 atom stereocenters. The lowest BCUT2D eigenvalue weighted by molar-refractivity contribution is -0.123. The third kappa shape index (κ3) is 3.48. The number of rotatable bonds is 3. The number of carbonyl (C=O) groups excluding carboxylic acids is 1. The van der Waals surface area contributed by atoms with Crippen LogP contribution in [0.1, 0.15) is 18.9 Å². The van der Waals surface area contributed by atoms with E-state index >= 15 is 0 Å². The van der Waals surface area contributed by atoms with E-state index in [-0.39, 0.29) is 11.9 Å². The Hall–Kier alpha value is -1.44. The highest BCUT2D eigenvalue weighted by atomic mass is 32.2. The smallest absolute Gasteiger partial charge is 0.244 e. The van der Waals surface area contributed by atoms with E-state index in [0.717, 1.165) is 25.1 Å². The van der Waals surface area contributed by atoms with Gasteiger partial charge in [0.15, 0.2) is 0 Å². The quantitative estimate of drug-likeness (QED) is 0.813. The number of nitrogens with zero attached hydrogens (tertiary/aromatic N) is 3. The molecule has 0 saturated carbocycles. The van der Waals surface area contributed by atoms with Gasteiger partial charge in [-0.05, 0) is 31.4 Å². The zero-order valence-electron chi connectivity index (χ0n) is 14.3. The third-order valence-electron chi connectivity index (χ3n) is 5.02. The minimum Gasteiger partial charge on any atom is -0.311 e. The fourth-order valence-electron chi connectivity index (χ4n) is 3.57. The molecular weight excluding hydrogens is 326 g/mol. The van der Waals surface area contributed by atoms with Crippen LogP contribution in [0.5, 0.6) is 0 Å². The van der Waals surface area contributed by atoms with Gasteiger partial charge in [0.1, 0.15) is 0 Å². The molecule has 1 saturated heterocycles. The molecule has 0 aromatic heterocycles. The van der Waals surface area contributed by atoms with Gasteiger partial charge in [0.2, 0.25) is 15.9 Å². The molecule has 3 rings (SSSR count). The number of carbonyl (C=O) groups is 1. The molecule has 0 aliphatic carbocycles. The van der Waals surface area contributed by atoms with Crippen molar-refractivity contribution in [1.82, 2.24) is 9.21 Å². The topological polar surface area (TPSA) is 60.9 Å². The third-order valence-corrected chi connectivity index (χ3v) is 6.33. The molecule has 132 valence electrons. The van der Waals surface area contributed by atoms with Crippen molar-refractivity contribution in [3.8, 4) is 0 Å². The number of hydrogen-bond acceptors (Lipinski definition) is 4. The van der Waals surface area contributed by atoms with E-state index in [0.29, 0.717) is 26.2 Å². The van der Waals surface area contributed by atoms with Crippen molar-refractivity contribution < 1.29 is 13.2 Å². The van der Waals surface area contributed by atoms with Gasteiger partial charge < -0.3 is 4.90 Å². The van der Waals surface area contributed by atoms with Crippen LogP contribution in [0.25, 0.3) is 0 Å². The summed E-state index contributed by atoms with van der Waals surface area (Å²) in [5, 5.41) is 0. The first-order chi connectivity index (χ1) is 11.4. The summed E-state index contributed by atoms with van der Waals surface area (Å²) in [6, 6.07) is 7.85. The number of aryl methyl sites for hydroxylation is 1. The predicted octanol–water partition coefficient (Wildman–Crippen LogP) is 0.932. The summed E-state index contributed by atoms with van der Waals surface area (Å²) in [6.45, 7) is 4.77. The first kappa shape index (κ1) is 17.4. The van der Waals surface area contributed by atoms with Gasteiger partial charge >= 0.3 is 0 Å². The van der Waals surface area contributed by atoms with Gasteiger partial charge in [-0.2, -0.15) is 4.31 Å². The van der Waals surface area contributed by atoms with Crippen molar-refractivity contribution in [3.05, 3.63) is 29.8 Å². The molecule has 0 radical (unpaired) electrons. The Morgan fingerprint density at radius 2 is 1.75 bits per heavy atom. The van der Waals surface area contributed by atoms with Gasteiger partial charge in [-0.1, -0.05) is 18.2 Å². The van der Waals surface area contributed by atoms with E-state index in [2.05, 4.69) is 11.0 Å². The van der Waals surface area contributed by atoms with E-state index < -0.39 is 10.0 Å². The molecule has 0 spiro atoms. The Morgan fingerprint density at radius 3 is 2.42 bits per heavy atom. The summed E-state index contributed by atoms with van der Waals surface area (Å²) >= 11 is 0. The van der Waals surface area contributed by atoms with Crippen molar-refractivity contribution in [2.24, 2.45) is 0 Å². The molecule has 1 fully saturated rings. The SMILES string of the molecule is CC(C(=O)N1CCCc2ccccc21)N1CCN(S(C)(=O)=O)CC1. The standard InChI is InChI=1S/C17H25N3O3S/c1-14(18-10-12-19(13-11-18)24(2,22)23)17(21)20-9-5-7-15-6-3-4-8-16(15)20/h3-4,6,8,14H,5,7,9-13H2,1-2H3. The number of benzene rings is 1. The predicted molar refractivity (Wildman–Crippen MR) is 94.6 cm³/mol. The second-order valence-corrected chi connectivity index (χ2v) is 8.58. The molecule has 2 heterocycles. The van der Waals surface area contributed by atoms with Crippen molar-refractivity contribution in [3.63, 3.8) is 0 Å². The van der Waals surface area contributed by atoms with Crippen LogP contribution >= 0.6 is 0 Å². The average molecular weight is 351 g/mol. The van der Waals surface area contributed by atoms with Crippen LogP contribution in [0.2, 0.25) is 0 Å². The molecule has 2 aliphatic rings. The van der Waals surface area contributed by atoms with E-state index in [1.807, 2.05) is 30.0 Å². The molecule has 2 aliphatic heterocycles. The Balaban J connectivity index is 1.68. The molecule has 1 unspecified atom stereocenters. The van der Waals surface area contributed by atoms with Crippen LogP contribution in [-0.2, 0) is 21.2 Å². The van der Waals surface area contributed by atoms with E-state index in [1.165, 1.54) is 16.1 Å². The summed E-state index contributed by atoms with van der Waals surface area (Å²) in [4.78, 5) is 17.0. The largest absolute Gasteiger partial charge is 0.311 e. The number of sulfonamides is 1. The highest BCUT2D eigenvalue weighted by Crippen LogP contribution is 2.27. The van der Waals surface area contributed by atoms with E-state index in [1.54, 1.807) is 0 Å². The Bertz CT molecular complexity index is 712. The Labute approximate surface area is 144 Å². The summed E-state index contributed by atoms with van der Waals surface area (Å²) in [7, 11) is -3.14. The van der Waals surface area contributed by atoms with E-state index in [9.17, 15) is 13.2 Å². The van der Waals surface area contributed by atoms with Gasteiger partial charge in [-0.3, -0.25) is 9.69 Å². The normalized spacial score (nSPS) is 21.3. The van der Waals surface area contributed by atoms with Crippen LogP contribution in [0.15, 0.2) is 24.3 Å². The zero-order valence-corrected chi connectivity index (χ0v) is 15.1. The fraction of sp³-hybridized carbons (Fsp3) is 0.588. The summed E-state index contributed by atoms with van der Waals surface area (Å²) in [6.07, 6.45) is 3.24. The highest BCUT2D eigenvalue weighted by Gasteiger charge is 2.32. The number of para-hydroxylation sites is 1. The van der Waals surface area contributed by atoms with E-state index in [4.69, 9.17) is 0 Å². The van der Waals surface area contributed by atoms with Crippen LogP contribution < -0.4 is 4.90 Å². The first-order valence-electron chi connectivity index (χ1n) is 8.46. The molecule has 1 amide bonds. The maximum Gasteiger partial charge on any atom is 0.244 e. The van der Waals surface area contributed by atoms with Gasteiger partial charge in [0.05, 0.1) is 12.3 Å². The summed E-state index contributed by atoms with van der Waals surface area (Å²) in [5.41, 5.74) is 2.25. The van der Waals surface area contributed by atoms with Gasteiger partial charge in [0, 0.05) is 38.4 Å².